The third kappa shape index (κ3) is 6.00. The second-order valence-electron chi connectivity index (χ2n) is 8.04. The molecule has 0 spiro atoms. The number of carbonyl (C=O) groups excluding carboxylic acids is 2. The summed E-state index contributed by atoms with van der Waals surface area (Å²) in [5, 5.41) is 16.6. The molecule has 3 heterocycles. The second-order valence-corrected chi connectivity index (χ2v) is 9.96. The summed E-state index contributed by atoms with van der Waals surface area (Å²) in [5.41, 5.74) is 1.89. The van der Waals surface area contributed by atoms with Gasteiger partial charge in [-0.1, -0.05) is 20.8 Å². The van der Waals surface area contributed by atoms with Crippen molar-refractivity contribution in [2.24, 2.45) is 0 Å². The first kappa shape index (κ1) is 21.2. The molecule has 0 amide bonds. The Labute approximate surface area is 170 Å². The fraction of sp³-hybridized carbons (Fsp3) is 0.667. The molecule has 0 aromatic carbocycles. The fourth-order valence-corrected chi connectivity index (χ4v) is 3.57. The Hall–Kier alpha value is -1.49. The van der Waals surface area contributed by atoms with Crippen LogP contribution in [0.25, 0.3) is 0 Å². The zero-order chi connectivity index (χ0) is 20.5. The minimum Gasteiger partial charge on any atom is -0.402 e. The van der Waals surface area contributed by atoms with Gasteiger partial charge in [0, 0.05) is 62.5 Å². The van der Waals surface area contributed by atoms with Gasteiger partial charge in [0.1, 0.15) is 11.4 Å². The minimum absolute atomic E-state index is 0.00546. The minimum atomic E-state index is -1.63. The molecule has 4 rings (SSSR count). The lowest BCUT2D eigenvalue weighted by molar-refractivity contribution is -0.117. The Kier molecular flexibility index (Phi) is 6.43. The molecule has 3 saturated heterocycles. The van der Waals surface area contributed by atoms with E-state index in [1.165, 1.54) is 6.08 Å². The van der Waals surface area contributed by atoms with E-state index < -0.39 is 7.32 Å². The van der Waals surface area contributed by atoms with Crippen LogP contribution in [0.4, 0.5) is 0 Å². The van der Waals surface area contributed by atoms with E-state index >= 15 is 0 Å². The highest BCUT2D eigenvalue weighted by atomic mass is 32.2. The van der Waals surface area contributed by atoms with Gasteiger partial charge in [0.25, 0.3) is 0 Å². The van der Waals surface area contributed by atoms with Crippen LogP contribution >= 0.6 is 11.8 Å². The van der Waals surface area contributed by atoms with Gasteiger partial charge in [-0.15, -0.1) is 0 Å². The van der Waals surface area contributed by atoms with Gasteiger partial charge in [-0.25, -0.2) is 0 Å². The van der Waals surface area contributed by atoms with Crippen molar-refractivity contribution in [1.29, 1.82) is 0 Å². The van der Waals surface area contributed by atoms with Gasteiger partial charge in [0.05, 0.1) is 5.70 Å². The lowest BCUT2D eigenvalue weighted by Crippen LogP contribution is -2.29. The van der Waals surface area contributed by atoms with E-state index in [1.54, 1.807) is 11.8 Å². The standard InChI is InChI=1S/C12H13N3O2.C6H15BO3S/c16-9-7-8(13-1-2-13)12(17)11(15-5-6-15)10(9)14-3-4-14;1-6(2,3)11-5-4-10-7(8)9/h7H,1-6H2;8-9H,4-5H2,1-3H3. The topological polar surface area (TPSA) is 92.9 Å². The van der Waals surface area contributed by atoms with E-state index in [-0.39, 0.29) is 16.3 Å². The molecule has 2 N–H and O–H groups in total. The molecule has 8 nitrogen and oxygen atoms in total. The monoisotopic (exact) mass is 409 g/mol. The zero-order valence-electron chi connectivity index (χ0n) is 16.7. The van der Waals surface area contributed by atoms with E-state index in [4.69, 9.17) is 10.0 Å². The van der Waals surface area contributed by atoms with Crippen LogP contribution in [0.5, 0.6) is 0 Å². The molecule has 0 unspecified atom stereocenters. The highest BCUT2D eigenvalue weighted by molar-refractivity contribution is 8.00. The molecule has 0 aromatic rings. The molecular weight excluding hydrogens is 381 g/mol. The van der Waals surface area contributed by atoms with Crippen LogP contribution in [0.2, 0.25) is 0 Å². The number of nitrogens with zero attached hydrogens (tertiary/aromatic N) is 3. The van der Waals surface area contributed by atoms with Crippen molar-refractivity contribution in [2.45, 2.75) is 25.5 Å². The highest BCUT2D eigenvalue weighted by Crippen LogP contribution is 2.33. The molecule has 4 aliphatic rings. The van der Waals surface area contributed by atoms with Crippen LogP contribution in [0.15, 0.2) is 23.2 Å². The number of thioether (sulfide) groups is 1. The quantitative estimate of drug-likeness (QED) is 0.254. The number of ketones is 2. The van der Waals surface area contributed by atoms with Gasteiger partial charge in [0.15, 0.2) is 0 Å². The van der Waals surface area contributed by atoms with E-state index in [2.05, 4.69) is 25.4 Å². The summed E-state index contributed by atoms with van der Waals surface area (Å²) < 4.78 is 4.74. The van der Waals surface area contributed by atoms with Crippen LogP contribution in [0.1, 0.15) is 20.8 Å². The number of allylic oxidation sites excluding steroid dienone is 1. The molecule has 3 fully saturated rings. The summed E-state index contributed by atoms with van der Waals surface area (Å²) in [4.78, 5) is 30.5. The molecule has 3 aliphatic heterocycles. The Morgan fingerprint density at radius 1 is 1.00 bits per heavy atom. The number of hydrogen-bond acceptors (Lipinski definition) is 9. The first-order valence-corrected chi connectivity index (χ1v) is 10.6. The number of Topliss-reactive ketones (excluding diaryl/α,β-unsaturated/α-hetero) is 1. The lowest BCUT2D eigenvalue weighted by atomic mass is 10.0. The van der Waals surface area contributed by atoms with Crippen LogP contribution < -0.4 is 0 Å². The predicted molar refractivity (Wildman–Crippen MR) is 108 cm³/mol. The SMILES string of the molecule is CC(C)(C)SCCOB(O)O.O=C1C=C(N2CC2)C(=O)C(N2CC2)=C1N1CC1. The zero-order valence-corrected chi connectivity index (χ0v) is 17.5. The van der Waals surface area contributed by atoms with Crippen molar-refractivity contribution >= 4 is 30.6 Å². The molecule has 0 atom stereocenters. The fourth-order valence-electron chi connectivity index (χ4n) is 2.78. The van der Waals surface area contributed by atoms with E-state index in [0.717, 1.165) is 45.0 Å². The van der Waals surface area contributed by atoms with Gasteiger partial charge in [-0.3, -0.25) is 9.59 Å². The lowest BCUT2D eigenvalue weighted by Gasteiger charge is -2.21. The van der Waals surface area contributed by atoms with Gasteiger partial charge in [-0.05, 0) is 0 Å². The first-order chi connectivity index (χ1) is 13.2. The van der Waals surface area contributed by atoms with Gasteiger partial charge in [0.2, 0.25) is 11.6 Å². The maximum atomic E-state index is 12.4. The van der Waals surface area contributed by atoms with E-state index in [1.807, 2.05) is 14.7 Å². The Balaban J connectivity index is 0.000000180. The average molecular weight is 409 g/mol. The summed E-state index contributed by atoms with van der Waals surface area (Å²) in [6.45, 7) is 12.1. The molecule has 0 radical (unpaired) electrons. The maximum absolute atomic E-state index is 12.4. The molecule has 1 aliphatic carbocycles. The van der Waals surface area contributed by atoms with Crippen molar-refractivity contribution in [3.63, 3.8) is 0 Å². The normalized spacial score (nSPS) is 20.8. The predicted octanol–water partition coefficient (Wildman–Crippen LogP) is -0.315. The first-order valence-electron chi connectivity index (χ1n) is 9.59. The number of hydrogen-bond donors (Lipinski definition) is 2. The maximum Gasteiger partial charge on any atom is 0.633 e. The van der Waals surface area contributed by atoms with Crippen molar-refractivity contribution < 1.29 is 24.3 Å². The van der Waals surface area contributed by atoms with Crippen LogP contribution in [0.3, 0.4) is 0 Å². The largest absolute Gasteiger partial charge is 0.633 e. The average Bonchev–Trinajstić information content (AvgIpc) is 3.47. The van der Waals surface area contributed by atoms with Crippen LogP contribution in [-0.4, -0.2) is 100 Å². The molecular formula is C18H28BN3O5S. The molecule has 0 saturated carbocycles. The van der Waals surface area contributed by atoms with Gasteiger partial charge < -0.3 is 29.4 Å². The second kappa shape index (κ2) is 8.48. The summed E-state index contributed by atoms with van der Waals surface area (Å²) in [6, 6.07) is 0. The summed E-state index contributed by atoms with van der Waals surface area (Å²) in [7, 11) is -1.63. The Bertz CT molecular complexity index is 692. The van der Waals surface area contributed by atoms with Crippen molar-refractivity contribution in [2.75, 3.05) is 51.6 Å². The third-order valence-electron chi connectivity index (χ3n) is 4.37. The van der Waals surface area contributed by atoms with Crippen molar-refractivity contribution in [3.05, 3.63) is 23.2 Å². The van der Waals surface area contributed by atoms with Gasteiger partial charge >= 0.3 is 7.32 Å². The molecule has 28 heavy (non-hydrogen) atoms. The Morgan fingerprint density at radius 2 is 1.54 bits per heavy atom. The number of rotatable bonds is 7. The van der Waals surface area contributed by atoms with Gasteiger partial charge in [-0.2, -0.15) is 11.8 Å². The summed E-state index contributed by atoms with van der Waals surface area (Å²) in [6.07, 6.45) is 1.52. The molecule has 10 heteroatoms. The van der Waals surface area contributed by atoms with Crippen LogP contribution in [-0.2, 0) is 14.2 Å². The van der Waals surface area contributed by atoms with Crippen LogP contribution in [0, 0.1) is 0 Å². The summed E-state index contributed by atoms with van der Waals surface area (Å²) in [5.74, 6) is 0.827. The molecule has 0 bridgehead atoms. The summed E-state index contributed by atoms with van der Waals surface area (Å²) >= 11 is 1.73. The third-order valence-corrected chi connectivity index (χ3v) is 5.61. The molecule has 0 aromatic heterocycles. The van der Waals surface area contributed by atoms with Crippen molar-refractivity contribution in [3.8, 4) is 0 Å². The van der Waals surface area contributed by atoms with Crippen molar-refractivity contribution in [1.82, 2.24) is 14.7 Å². The number of carbonyl (C=O) groups is 2. The smallest absolute Gasteiger partial charge is 0.402 e. The van der Waals surface area contributed by atoms with E-state index in [9.17, 15) is 9.59 Å². The Morgan fingerprint density at radius 3 is 2.00 bits per heavy atom. The highest BCUT2D eigenvalue weighted by Gasteiger charge is 2.43. The van der Waals surface area contributed by atoms with E-state index in [0.29, 0.717) is 23.7 Å². The molecule has 154 valence electrons.